The van der Waals surface area contributed by atoms with E-state index in [9.17, 15) is 0 Å². The number of nitrogens with zero attached hydrogens (tertiary/aromatic N) is 2. The van der Waals surface area contributed by atoms with Gasteiger partial charge in [0.25, 0.3) is 0 Å². The Labute approximate surface area is 125 Å². The number of aromatic nitrogens is 1. The minimum absolute atomic E-state index is 0.402. The molecule has 0 radical (unpaired) electrons. The van der Waals surface area contributed by atoms with Crippen LogP contribution in [0.5, 0.6) is 0 Å². The Hall–Kier alpha value is -1.39. The Balaban J connectivity index is 2.22. The summed E-state index contributed by atoms with van der Waals surface area (Å²) in [4.78, 5) is 7.73. The van der Waals surface area contributed by atoms with Gasteiger partial charge in [-0.05, 0) is 31.0 Å². The van der Waals surface area contributed by atoms with Crippen molar-refractivity contribution < 1.29 is 0 Å². The van der Waals surface area contributed by atoms with E-state index in [4.69, 9.17) is 5.73 Å². The van der Waals surface area contributed by atoms with Crippen molar-refractivity contribution in [3.8, 4) is 0 Å². The molecule has 0 saturated carbocycles. The Kier molecular flexibility index (Phi) is 4.78. The lowest BCUT2D eigenvalue weighted by atomic mass is 9.91. The van der Waals surface area contributed by atoms with Crippen molar-refractivity contribution in [1.29, 1.82) is 0 Å². The first-order valence-corrected chi connectivity index (χ1v) is 7.76. The normalized spacial score (nSPS) is 13.1. The van der Waals surface area contributed by atoms with E-state index in [1.807, 2.05) is 6.20 Å². The van der Waals surface area contributed by atoms with Crippen molar-refractivity contribution in [3.63, 3.8) is 0 Å². The molecular weight excluding hydrogens is 266 g/mol. The standard InChI is InChI=1S/C16H23N3S/c1-11(2)15(14-8-6-5-7-12(14)3)19(4)10-13-9-18-16(17)20-13/h5-9,11,15H,10H2,1-4H3,(H2,17,18). The summed E-state index contributed by atoms with van der Waals surface area (Å²) in [6.07, 6.45) is 1.88. The van der Waals surface area contributed by atoms with E-state index >= 15 is 0 Å². The van der Waals surface area contributed by atoms with E-state index in [0.717, 1.165) is 6.54 Å². The molecule has 1 atom stereocenters. The summed E-state index contributed by atoms with van der Waals surface area (Å²) in [7, 11) is 2.17. The number of rotatable bonds is 5. The molecule has 0 amide bonds. The van der Waals surface area contributed by atoms with Crippen LogP contribution in [-0.4, -0.2) is 16.9 Å². The zero-order valence-corrected chi connectivity index (χ0v) is 13.4. The van der Waals surface area contributed by atoms with E-state index in [0.29, 0.717) is 17.1 Å². The van der Waals surface area contributed by atoms with Crippen LogP contribution in [-0.2, 0) is 6.54 Å². The van der Waals surface area contributed by atoms with E-state index in [1.165, 1.54) is 16.0 Å². The first-order valence-electron chi connectivity index (χ1n) is 6.95. The summed E-state index contributed by atoms with van der Waals surface area (Å²) >= 11 is 1.57. The highest BCUT2D eigenvalue weighted by Crippen LogP contribution is 2.31. The van der Waals surface area contributed by atoms with Gasteiger partial charge in [-0.25, -0.2) is 4.98 Å². The van der Waals surface area contributed by atoms with Crippen molar-refractivity contribution in [2.45, 2.75) is 33.4 Å². The monoisotopic (exact) mass is 289 g/mol. The Morgan fingerprint density at radius 3 is 2.55 bits per heavy atom. The molecule has 1 unspecified atom stereocenters. The fourth-order valence-corrected chi connectivity index (χ4v) is 3.51. The van der Waals surface area contributed by atoms with Crippen LogP contribution in [0, 0.1) is 12.8 Å². The SMILES string of the molecule is Cc1ccccc1C(C(C)C)N(C)Cc1cnc(N)s1. The second-order valence-corrected chi connectivity index (χ2v) is 6.77. The first kappa shape index (κ1) is 15.0. The maximum atomic E-state index is 5.71. The lowest BCUT2D eigenvalue weighted by molar-refractivity contribution is 0.187. The number of anilines is 1. The third kappa shape index (κ3) is 3.38. The number of hydrogen-bond donors (Lipinski definition) is 1. The predicted molar refractivity (Wildman–Crippen MR) is 86.8 cm³/mol. The summed E-state index contributed by atoms with van der Waals surface area (Å²) < 4.78 is 0. The van der Waals surface area contributed by atoms with E-state index < -0.39 is 0 Å². The molecule has 3 nitrogen and oxygen atoms in total. The number of thiazole rings is 1. The molecule has 20 heavy (non-hydrogen) atoms. The molecule has 1 aromatic heterocycles. The smallest absolute Gasteiger partial charge is 0.180 e. The third-order valence-electron chi connectivity index (χ3n) is 3.59. The largest absolute Gasteiger partial charge is 0.375 e. The van der Waals surface area contributed by atoms with E-state index in [2.05, 4.69) is 62.0 Å². The van der Waals surface area contributed by atoms with Crippen LogP contribution in [0.25, 0.3) is 0 Å². The van der Waals surface area contributed by atoms with Crippen LogP contribution < -0.4 is 5.73 Å². The highest BCUT2D eigenvalue weighted by Gasteiger charge is 2.22. The van der Waals surface area contributed by atoms with Gasteiger partial charge in [0, 0.05) is 23.7 Å². The van der Waals surface area contributed by atoms with Crippen LogP contribution in [0.1, 0.15) is 35.9 Å². The summed E-state index contributed by atoms with van der Waals surface area (Å²) in [6.45, 7) is 7.61. The molecule has 0 aliphatic rings. The Morgan fingerprint density at radius 2 is 2.00 bits per heavy atom. The molecule has 2 rings (SSSR count). The second-order valence-electron chi connectivity index (χ2n) is 5.63. The van der Waals surface area contributed by atoms with Crippen LogP contribution >= 0.6 is 11.3 Å². The van der Waals surface area contributed by atoms with Crippen molar-refractivity contribution in [2.75, 3.05) is 12.8 Å². The minimum Gasteiger partial charge on any atom is -0.375 e. The highest BCUT2D eigenvalue weighted by atomic mass is 32.1. The summed E-state index contributed by atoms with van der Waals surface area (Å²) in [5.41, 5.74) is 8.47. The fraction of sp³-hybridized carbons (Fsp3) is 0.438. The topological polar surface area (TPSA) is 42.2 Å². The average Bonchev–Trinajstić information content (AvgIpc) is 2.77. The number of benzene rings is 1. The molecule has 0 aliphatic carbocycles. The molecule has 108 valence electrons. The van der Waals surface area contributed by atoms with Crippen LogP contribution in [0.4, 0.5) is 5.13 Å². The summed E-state index contributed by atoms with van der Waals surface area (Å²) in [5, 5.41) is 0.644. The Morgan fingerprint density at radius 1 is 1.30 bits per heavy atom. The quantitative estimate of drug-likeness (QED) is 0.908. The maximum Gasteiger partial charge on any atom is 0.180 e. The maximum absolute atomic E-state index is 5.71. The molecule has 0 fully saturated rings. The van der Waals surface area contributed by atoms with Gasteiger partial charge in [-0.15, -0.1) is 11.3 Å². The molecular formula is C16H23N3S. The molecule has 1 heterocycles. The third-order valence-corrected chi connectivity index (χ3v) is 4.40. The zero-order chi connectivity index (χ0) is 14.7. The highest BCUT2D eigenvalue weighted by molar-refractivity contribution is 7.15. The lowest BCUT2D eigenvalue weighted by Crippen LogP contribution is -2.28. The van der Waals surface area contributed by atoms with Gasteiger partial charge in [0.2, 0.25) is 0 Å². The number of nitrogen functional groups attached to an aromatic ring is 1. The number of hydrogen-bond acceptors (Lipinski definition) is 4. The van der Waals surface area contributed by atoms with Gasteiger partial charge in [-0.3, -0.25) is 4.90 Å². The molecule has 0 saturated heterocycles. The van der Waals surface area contributed by atoms with Crippen LogP contribution in [0.2, 0.25) is 0 Å². The molecule has 0 aliphatic heterocycles. The van der Waals surface area contributed by atoms with Gasteiger partial charge in [0.15, 0.2) is 5.13 Å². The van der Waals surface area contributed by atoms with Crippen LogP contribution in [0.15, 0.2) is 30.5 Å². The second kappa shape index (κ2) is 6.37. The van der Waals surface area contributed by atoms with E-state index in [-0.39, 0.29) is 0 Å². The lowest BCUT2D eigenvalue weighted by Gasteiger charge is -2.32. The molecule has 2 aromatic rings. The Bertz CT molecular complexity index is 562. The van der Waals surface area contributed by atoms with Gasteiger partial charge in [-0.2, -0.15) is 0 Å². The number of aryl methyl sites for hydroxylation is 1. The fourth-order valence-electron chi connectivity index (χ4n) is 2.76. The van der Waals surface area contributed by atoms with Crippen molar-refractivity contribution in [1.82, 2.24) is 9.88 Å². The van der Waals surface area contributed by atoms with Crippen LogP contribution in [0.3, 0.4) is 0 Å². The molecule has 0 bridgehead atoms. The number of nitrogens with two attached hydrogens (primary N) is 1. The minimum atomic E-state index is 0.402. The first-order chi connectivity index (χ1) is 9.49. The summed E-state index contributed by atoms with van der Waals surface area (Å²) in [6, 6.07) is 9.04. The van der Waals surface area contributed by atoms with Gasteiger partial charge in [-0.1, -0.05) is 38.1 Å². The van der Waals surface area contributed by atoms with Gasteiger partial charge >= 0.3 is 0 Å². The molecule has 0 spiro atoms. The van der Waals surface area contributed by atoms with Crippen molar-refractivity contribution in [3.05, 3.63) is 46.5 Å². The summed E-state index contributed by atoms with van der Waals surface area (Å²) in [5.74, 6) is 0.548. The predicted octanol–water partition coefficient (Wildman–Crippen LogP) is 3.86. The zero-order valence-electron chi connectivity index (χ0n) is 12.6. The molecule has 2 N–H and O–H groups in total. The van der Waals surface area contributed by atoms with Gasteiger partial charge in [0.05, 0.1) is 0 Å². The average molecular weight is 289 g/mol. The van der Waals surface area contributed by atoms with Crippen molar-refractivity contribution >= 4 is 16.5 Å². The van der Waals surface area contributed by atoms with Gasteiger partial charge in [0.1, 0.15) is 0 Å². The molecule has 4 heteroatoms. The van der Waals surface area contributed by atoms with Crippen molar-refractivity contribution in [2.24, 2.45) is 5.92 Å². The molecule has 1 aromatic carbocycles. The van der Waals surface area contributed by atoms with E-state index in [1.54, 1.807) is 11.3 Å². The van der Waals surface area contributed by atoms with Gasteiger partial charge < -0.3 is 5.73 Å².